The summed E-state index contributed by atoms with van der Waals surface area (Å²) in [5.74, 6) is -0.634. The fourth-order valence-corrected chi connectivity index (χ4v) is 1.82. The molecular weight excluding hydrogens is 152 g/mol. The van der Waals surface area contributed by atoms with Crippen LogP contribution in [-0.2, 0) is 9.22 Å². The lowest BCUT2D eigenvalue weighted by Crippen LogP contribution is -2.40. The van der Waals surface area contributed by atoms with Crippen LogP contribution in [-0.4, -0.2) is 24.4 Å². The molecule has 0 rings (SSSR count). The summed E-state index contributed by atoms with van der Waals surface area (Å²) in [7, 11) is -3.62. The zero-order valence-corrected chi connectivity index (χ0v) is 7.13. The van der Waals surface area contributed by atoms with E-state index in [9.17, 15) is 4.79 Å². The van der Waals surface area contributed by atoms with Crippen LogP contribution in [0.5, 0.6) is 0 Å². The van der Waals surface area contributed by atoms with E-state index in [0.717, 1.165) is 6.92 Å². The van der Waals surface area contributed by atoms with E-state index < -0.39 is 14.8 Å². The molecule has 0 aromatic rings. The van der Waals surface area contributed by atoms with Crippen LogP contribution in [0.4, 0.5) is 0 Å². The van der Waals surface area contributed by atoms with Crippen molar-refractivity contribution in [2.75, 3.05) is 0 Å². The number of carbonyl (C=O) groups is 1. The van der Waals surface area contributed by atoms with E-state index in [1.807, 2.05) is 0 Å². The van der Waals surface area contributed by atoms with Gasteiger partial charge in [0, 0.05) is 13.0 Å². The van der Waals surface area contributed by atoms with Crippen LogP contribution in [0.25, 0.3) is 0 Å². The van der Waals surface area contributed by atoms with Crippen LogP contribution in [0, 0.1) is 0 Å². The van der Waals surface area contributed by atoms with E-state index in [-0.39, 0.29) is 6.04 Å². The maximum absolute atomic E-state index is 10.2. The molecule has 0 aromatic carbocycles. The molecule has 10 heavy (non-hydrogen) atoms. The van der Waals surface area contributed by atoms with Crippen molar-refractivity contribution in [2.24, 2.45) is 0 Å². The highest BCUT2D eigenvalue weighted by Crippen LogP contribution is 2.05. The molecule has 0 atom stereocenters. The summed E-state index contributed by atoms with van der Waals surface area (Å²) in [5, 5.41) is 0. The Balaban J connectivity index is 3.74. The Morgan fingerprint density at radius 2 is 2.10 bits per heavy atom. The topological polar surface area (TPSA) is 66.8 Å². The summed E-state index contributed by atoms with van der Waals surface area (Å²) in [5.41, 5.74) is 0. The number of rotatable bonds is 3. The standard InChI is InChI=1S/C5H12O4Si/c1-3-4-10(7,8)9-5(2)6/h7-8H,3-4H2,1-2H3. The first kappa shape index (κ1) is 9.61. The van der Waals surface area contributed by atoms with Crippen molar-refractivity contribution in [2.45, 2.75) is 26.3 Å². The molecule has 0 saturated heterocycles. The Hall–Kier alpha value is -0.393. The van der Waals surface area contributed by atoms with Crippen molar-refractivity contribution in [1.82, 2.24) is 0 Å². The lowest BCUT2D eigenvalue weighted by Gasteiger charge is -2.14. The predicted molar refractivity (Wildman–Crippen MR) is 37.1 cm³/mol. The molecule has 2 N–H and O–H groups in total. The van der Waals surface area contributed by atoms with Crippen molar-refractivity contribution in [3.8, 4) is 0 Å². The molecule has 0 bridgehead atoms. The Morgan fingerprint density at radius 3 is 2.40 bits per heavy atom. The zero-order valence-electron chi connectivity index (χ0n) is 6.13. The van der Waals surface area contributed by atoms with Crippen molar-refractivity contribution in [3.05, 3.63) is 0 Å². The lowest BCUT2D eigenvalue weighted by molar-refractivity contribution is -0.135. The molecule has 60 valence electrons. The first-order valence-electron chi connectivity index (χ1n) is 3.12. The summed E-state index contributed by atoms with van der Waals surface area (Å²) < 4.78 is 4.29. The Kier molecular flexibility index (Phi) is 3.55. The first-order valence-corrected chi connectivity index (χ1v) is 5.13. The molecule has 0 spiro atoms. The molecule has 0 saturated carbocycles. The van der Waals surface area contributed by atoms with Gasteiger partial charge in [-0.15, -0.1) is 0 Å². The molecule has 0 amide bonds. The normalized spacial score (nSPS) is 11.2. The number of hydrogen-bond donors (Lipinski definition) is 2. The Morgan fingerprint density at radius 1 is 1.60 bits per heavy atom. The second-order valence-corrected chi connectivity index (χ2v) is 4.28. The SMILES string of the molecule is CCC[Si](O)(O)OC(C)=O. The van der Waals surface area contributed by atoms with E-state index in [1.165, 1.54) is 0 Å². The largest absolute Gasteiger partial charge is 0.562 e. The zero-order chi connectivity index (χ0) is 8.20. The van der Waals surface area contributed by atoms with Crippen LogP contribution < -0.4 is 0 Å². The average Bonchev–Trinajstić information content (AvgIpc) is 1.59. The quantitative estimate of drug-likeness (QED) is 0.571. The molecule has 0 unspecified atom stereocenters. The summed E-state index contributed by atoms with van der Waals surface area (Å²) >= 11 is 0. The minimum absolute atomic E-state index is 0.173. The summed E-state index contributed by atoms with van der Waals surface area (Å²) in [4.78, 5) is 28.1. The van der Waals surface area contributed by atoms with Crippen molar-refractivity contribution >= 4 is 14.8 Å². The van der Waals surface area contributed by atoms with Crippen LogP contribution in [0.3, 0.4) is 0 Å². The fraction of sp³-hybridized carbons (Fsp3) is 0.800. The third-order valence-corrected chi connectivity index (χ3v) is 2.65. The minimum Gasteiger partial charge on any atom is -0.474 e. The number of carbonyl (C=O) groups excluding carboxylic acids is 1. The van der Waals surface area contributed by atoms with E-state index >= 15 is 0 Å². The summed E-state index contributed by atoms with van der Waals surface area (Å²) in [6.07, 6.45) is 0.604. The van der Waals surface area contributed by atoms with Crippen LogP contribution in [0.1, 0.15) is 20.3 Å². The molecule has 5 heteroatoms. The summed E-state index contributed by atoms with van der Waals surface area (Å²) in [6, 6.07) is 0.173. The maximum Gasteiger partial charge on any atom is 0.562 e. The van der Waals surface area contributed by atoms with Crippen molar-refractivity contribution < 1.29 is 18.8 Å². The molecule has 4 nitrogen and oxygen atoms in total. The van der Waals surface area contributed by atoms with Gasteiger partial charge < -0.3 is 14.0 Å². The minimum atomic E-state index is -3.62. The molecular formula is C5H12O4Si. The molecule has 0 aliphatic rings. The maximum atomic E-state index is 10.2. The molecule has 0 aromatic heterocycles. The predicted octanol–water partition coefficient (Wildman–Crippen LogP) is -0.117. The van der Waals surface area contributed by atoms with Crippen molar-refractivity contribution in [3.63, 3.8) is 0 Å². The van der Waals surface area contributed by atoms with Gasteiger partial charge in [0.1, 0.15) is 0 Å². The first-order chi connectivity index (χ1) is 4.48. The molecule has 0 fully saturated rings. The highest BCUT2D eigenvalue weighted by atomic mass is 28.4. The van der Waals surface area contributed by atoms with Gasteiger partial charge in [-0.2, -0.15) is 0 Å². The molecule has 0 aliphatic heterocycles. The smallest absolute Gasteiger partial charge is 0.474 e. The van der Waals surface area contributed by atoms with Crippen LogP contribution in [0.2, 0.25) is 6.04 Å². The van der Waals surface area contributed by atoms with E-state index in [2.05, 4.69) is 4.43 Å². The third-order valence-electron chi connectivity index (χ3n) is 0.883. The molecule has 0 radical (unpaired) electrons. The average molecular weight is 164 g/mol. The van der Waals surface area contributed by atoms with E-state index in [4.69, 9.17) is 9.59 Å². The van der Waals surface area contributed by atoms with E-state index in [1.54, 1.807) is 6.92 Å². The van der Waals surface area contributed by atoms with E-state index in [0.29, 0.717) is 6.42 Å². The van der Waals surface area contributed by atoms with Crippen molar-refractivity contribution in [1.29, 1.82) is 0 Å². The Bertz CT molecular complexity index is 123. The van der Waals surface area contributed by atoms with Gasteiger partial charge in [-0.3, -0.25) is 4.79 Å². The second-order valence-electron chi connectivity index (χ2n) is 2.09. The van der Waals surface area contributed by atoms with Gasteiger partial charge >= 0.3 is 8.80 Å². The van der Waals surface area contributed by atoms with Crippen LogP contribution in [0.15, 0.2) is 0 Å². The van der Waals surface area contributed by atoms with Gasteiger partial charge in [-0.1, -0.05) is 13.3 Å². The van der Waals surface area contributed by atoms with Gasteiger partial charge in [-0.05, 0) is 0 Å². The Labute approximate surface area is 60.8 Å². The monoisotopic (exact) mass is 164 g/mol. The number of hydrogen-bond acceptors (Lipinski definition) is 4. The summed E-state index contributed by atoms with van der Waals surface area (Å²) in [6.45, 7) is 2.95. The highest BCUT2D eigenvalue weighted by Gasteiger charge is 2.34. The van der Waals surface area contributed by atoms with Crippen LogP contribution >= 0.6 is 0 Å². The van der Waals surface area contributed by atoms with Gasteiger partial charge in [0.15, 0.2) is 0 Å². The molecule has 0 aliphatic carbocycles. The fourth-order valence-electron chi connectivity index (χ4n) is 0.607. The second kappa shape index (κ2) is 3.70. The molecule has 0 heterocycles. The van der Waals surface area contributed by atoms with Gasteiger partial charge in [0.2, 0.25) is 0 Å². The lowest BCUT2D eigenvalue weighted by atomic mass is 10.6. The van der Waals surface area contributed by atoms with Gasteiger partial charge in [0.25, 0.3) is 5.97 Å². The van der Waals surface area contributed by atoms with Gasteiger partial charge in [0.05, 0.1) is 0 Å². The van der Waals surface area contributed by atoms with Gasteiger partial charge in [-0.25, -0.2) is 0 Å². The third kappa shape index (κ3) is 4.48. The highest BCUT2D eigenvalue weighted by molar-refractivity contribution is 6.59.